The van der Waals surface area contributed by atoms with Crippen molar-refractivity contribution in [3.05, 3.63) is 59.4 Å². The Morgan fingerprint density at radius 1 is 1.12 bits per heavy atom. The topological polar surface area (TPSA) is 47.3 Å². The quantitative estimate of drug-likeness (QED) is 0.642. The Bertz CT molecular complexity index is 834. The molecule has 0 amide bonds. The number of imidazole rings is 1. The molecule has 4 heteroatoms. The lowest BCUT2D eigenvalue weighted by Gasteiger charge is -2.13. The minimum atomic E-state index is -0.534. The highest BCUT2D eigenvalue weighted by Crippen LogP contribution is 2.23. The Morgan fingerprint density at radius 2 is 1.84 bits per heavy atom. The first-order valence-corrected chi connectivity index (χ1v) is 8.93. The molecule has 0 aliphatic carbocycles. The Kier molecular flexibility index (Phi) is 5.39. The van der Waals surface area contributed by atoms with Crippen LogP contribution in [0.25, 0.3) is 11.0 Å². The lowest BCUT2D eigenvalue weighted by Crippen LogP contribution is -2.11. The third-order valence-corrected chi connectivity index (χ3v) is 4.36. The normalized spacial score (nSPS) is 12.5. The van der Waals surface area contributed by atoms with Crippen LogP contribution in [0.5, 0.6) is 5.75 Å². The number of para-hydroxylation sites is 2. The molecule has 25 heavy (non-hydrogen) atoms. The van der Waals surface area contributed by atoms with Crippen LogP contribution < -0.4 is 4.74 Å². The molecule has 2 aromatic carbocycles. The zero-order chi connectivity index (χ0) is 17.8. The Labute approximate surface area is 149 Å². The predicted octanol–water partition coefficient (Wildman–Crippen LogP) is 4.57. The van der Waals surface area contributed by atoms with Crippen molar-refractivity contribution in [3.63, 3.8) is 0 Å². The van der Waals surface area contributed by atoms with Crippen LogP contribution in [-0.2, 0) is 6.54 Å². The third kappa shape index (κ3) is 4.02. The zero-order valence-corrected chi connectivity index (χ0v) is 15.2. The van der Waals surface area contributed by atoms with Crippen molar-refractivity contribution < 1.29 is 9.84 Å². The second-order valence-corrected chi connectivity index (χ2v) is 6.56. The molecule has 0 saturated carbocycles. The van der Waals surface area contributed by atoms with Gasteiger partial charge in [-0.1, -0.05) is 25.1 Å². The summed E-state index contributed by atoms with van der Waals surface area (Å²) in [7, 11) is 0. The summed E-state index contributed by atoms with van der Waals surface area (Å²) >= 11 is 0. The number of aliphatic hydroxyl groups is 1. The number of fused-ring (bicyclic) bond motifs is 1. The zero-order valence-electron chi connectivity index (χ0n) is 15.2. The summed E-state index contributed by atoms with van der Waals surface area (Å²) < 4.78 is 8.03. The van der Waals surface area contributed by atoms with Crippen LogP contribution in [0.15, 0.2) is 42.5 Å². The lowest BCUT2D eigenvalue weighted by molar-refractivity contribution is 0.158. The summed E-state index contributed by atoms with van der Waals surface area (Å²) in [6.45, 7) is 7.54. The highest BCUT2D eigenvalue weighted by atomic mass is 16.5. The number of rotatable bonds is 7. The number of aromatic nitrogens is 2. The number of benzene rings is 2. The fourth-order valence-corrected chi connectivity index (χ4v) is 3.20. The van der Waals surface area contributed by atoms with Crippen LogP contribution in [-0.4, -0.2) is 21.3 Å². The van der Waals surface area contributed by atoms with E-state index in [4.69, 9.17) is 4.74 Å². The van der Waals surface area contributed by atoms with Crippen molar-refractivity contribution in [1.29, 1.82) is 0 Å². The van der Waals surface area contributed by atoms with Gasteiger partial charge >= 0.3 is 0 Å². The summed E-state index contributed by atoms with van der Waals surface area (Å²) in [5.41, 5.74) is 4.42. The number of ether oxygens (including phenoxy) is 1. The van der Waals surface area contributed by atoms with E-state index >= 15 is 0 Å². The standard InChI is InChI=1S/C21H26N2O2/c1-4-20(24)21-22-18-8-5-6-9-19(18)23(21)10-7-11-25-17-13-15(2)12-16(3)14-17/h5-6,8-9,12-14,20,24H,4,7,10-11H2,1-3H3. The van der Waals surface area contributed by atoms with Crippen LogP contribution in [0.3, 0.4) is 0 Å². The number of nitrogens with zero attached hydrogens (tertiary/aromatic N) is 2. The van der Waals surface area contributed by atoms with Crippen molar-refractivity contribution >= 4 is 11.0 Å². The van der Waals surface area contributed by atoms with Gasteiger partial charge in [-0.15, -0.1) is 0 Å². The summed E-state index contributed by atoms with van der Waals surface area (Å²) in [6, 6.07) is 14.3. The molecule has 132 valence electrons. The predicted molar refractivity (Wildman–Crippen MR) is 101 cm³/mol. The molecule has 0 fully saturated rings. The Hall–Kier alpha value is -2.33. The number of hydrogen-bond acceptors (Lipinski definition) is 3. The van der Waals surface area contributed by atoms with Crippen LogP contribution in [0.1, 0.15) is 42.8 Å². The molecule has 1 N–H and O–H groups in total. The van der Waals surface area contributed by atoms with Gasteiger partial charge in [-0.25, -0.2) is 4.98 Å². The first kappa shape index (κ1) is 17.5. The number of hydrogen-bond donors (Lipinski definition) is 1. The minimum Gasteiger partial charge on any atom is -0.494 e. The molecule has 0 saturated heterocycles. The van der Waals surface area contributed by atoms with Crippen LogP contribution >= 0.6 is 0 Å². The maximum atomic E-state index is 10.3. The second-order valence-electron chi connectivity index (χ2n) is 6.56. The van der Waals surface area contributed by atoms with Gasteiger partial charge in [0.1, 0.15) is 17.7 Å². The maximum absolute atomic E-state index is 10.3. The first-order valence-electron chi connectivity index (χ1n) is 8.93. The Morgan fingerprint density at radius 3 is 2.56 bits per heavy atom. The minimum absolute atomic E-state index is 0.534. The van der Waals surface area contributed by atoms with E-state index in [1.54, 1.807) is 0 Å². The van der Waals surface area contributed by atoms with Gasteiger partial charge in [0.05, 0.1) is 17.6 Å². The monoisotopic (exact) mass is 338 g/mol. The molecule has 0 aliphatic heterocycles. The summed E-state index contributed by atoms with van der Waals surface area (Å²) in [5, 5.41) is 10.3. The van der Waals surface area contributed by atoms with Gasteiger partial charge in [0.25, 0.3) is 0 Å². The molecule has 1 unspecified atom stereocenters. The van der Waals surface area contributed by atoms with Gasteiger partial charge in [0.2, 0.25) is 0 Å². The van der Waals surface area contributed by atoms with Gasteiger partial charge in [-0.2, -0.15) is 0 Å². The molecule has 1 heterocycles. The molecular weight excluding hydrogens is 312 g/mol. The first-order chi connectivity index (χ1) is 12.1. The number of aliphatic hydroxyl groups excluding tert-OH is 1. The van der Waals surface area contributed by atoms with Crippen molar-refractivity contribution in [2.45, 2.75) is 46.3 Å². The van der Waals surface area contributed by atoms with E-state index in [9.17, 15) is 5.11 Å². The van der Waals surface area contributed by atoms with Gasteiger partial charge in [0, 0.05) is 6.54 Å². The average molecular weight is 338 g/mol. The summed E-state index contributed by atoms with van der Waals surface area (Å²) in [5.74, 6) is 1.66. The van der Waals surface area contributed by atoms with Crippen molar-refractivity contribution in [2.75, 3.05) is 6.61 Å². The van der Waals surface area contributed by atoms with Gasteiger partial charge in [0.15, 0.2) is 0 Å². The molecule has 1 aromatic heterocycles. The van der Waals surface area contributed by atoms with Gasteiger partial charge in [-0.05, 0) is 62.1 Å². The molecule has 4 nitrogen and oxygen atoms in total. The van der Waals surface area contributed by atoms with Crippen molar-refractivity contribution in [3.8, 4) is 5.75 Å². The van der Waals surface area contributed by atoms with E-state index in [1.807, 2.05) is 25.1 Å². The van der Waals surface area contributed by atoms with Crippen molar-refractivity contribution in [2.24, 2.45) is 0 Å². The van der Waals surface area contributed by atoms with Crippen molar-refractivity contribution in [1.82, 2.24) is 9.55 Å². The van der Waals surface area contributed by atoms with E-state index in [1.165, 1.54) is 11.1 Å². The van der Waals surface area contributed by atoms with Gasteiger partial charge < -0.3 is 14.4 Å². The SMILES string of the molecule is CCC(O)c1nc2ccccc2n1CCCOc1cc(C)cc(C)c1. The largest absolute Gasteiger partial charge is 0.494 e. The van der Waals surface area contributed by atoms with Crippen LogP contribution in [0.4, 0.5) is 0 Å². The fourth-order valence-electron chi connectivity index (χ4n) is 3.20. The molecule has 0 spiro atoms. The second kappa shape index (κ2) is 7.70. The molecule has 0 aliphatic rings. The molecule has 0 bridgehead atoms. The van der Waals surface area contributed by atoms with Crippen LogP contribution in [0.2, 0.25) is 0 Å². The average Bonchev–Trinajstić information content (AvgIpc) is 2.96. The number of aryl methyl sites for hydroxylation is 3. The highest BCUT2D eigenvalue weighted by molar-refractivity contribution is 5.76. The molecule has 3 aromatic rings. The molecule has 3 rings (SSSR count). The van der Waals surface area contributed by atoms with E-state index in [-0.39, 0.29) is 0 Å². The molecular formula is C21H26N2O2. The van der Waals surface area contributed by atoms with E-state index in [0.29, 0.717) is 13.0 Å². The fraction of sp³-hybridized carbons (Fsp3) is 0.381. The molecule has 1 atom stereocenters. The van der Waals surface area contributed by atoms with Crippen LogP contribution in [0, 0.1) is 13.8 Å². The highest BCUT2D eigenvalue weighted by Gasteiger charge is 2.16. The smallest absolute Gasteiger partial charge is 0.138 e. The summed E-state index contributed by atoms with van der Waals surface area (Å²) in [4.78, 5) is 4.62. The van der Waals surface area contributed by atoms with Gasteiger partial charge in [-0.3, -0.25) is 0 Å². The molecule has 0 radical (unpaired) electrons. The third-order valence-electron chi connectivity index (χ3n) is 4.36. The lowest BCUT2D eigenvalue weighted by atomic mass is 10.1. The van der Waals surface area contributed by atoms with E-state index in [2.05, 4.69) is 47.7 Å². The Balaban J connectivity index is 1.70. The van der Waals surface area contributed by atoms with E-state index in [0.717, 1.165) is 35.6 Å². The summed E-state index contributed by atoms with van der Waals surface area (Å²) in [6.07, 6.45) is 0.979. The van der Waals surface area contributed by atoms with E-state index < -0.39 is 6.10 Å². The maximum Gasteiger partial charge on any atom is 0.138 e.